The molecule has 0 fully saturated rings. The number of hydrogen-bond donors (Lipinski definition) is 1. The lowest BCUT2D eigenvalue weighted by Crippen LogP contribution is -2.05. The summed E-state index contributed by atoms with van der Waals surface area (Å²) in [6.45, 7) is 4.61. The van der Waals surface area contributed by atoms with Gasteiger partial charge in [-0.15, -0.1) is 0 Å². The number of benzene rings is 2. The Bertz CT molecular complexity index is 517. The van der Waals surface area contributed by atoms with Crippen molar-refractivity contribution in [1.29, 1.82) is 0 Å². The highest BCUT2D eigenvalue weighted by Crippen LogP contribution is 2.27. The summed E-state index contributed by atoms with van der Waals surface area (Å²) in [5.41, 5.74) is 3.21. The number of aliphatic hydroxyl groups excluding tert-OH is 1. The first-order valence-electron chi connectivity index (χ1n) is 6.66. The van der Waals surface area contributed by atoms with Gasteiger partial charge in [-0.2, -0.15) is 0 Å². The Morgan fingerprint density at radius 1 is 1.05 bits per heavy atom. The fourth-order valence-corrected chi connectivity index (χ4v) is 2.10. The van der Waals surface area contributed by atoms with Gasteiger partial charge < -0.3 is 9.84 Å². The molecule has 0 saturated heterocycles. The number of para-hydroxylation sites is 1. The van der Waals surface area contributed by atoms with Crippen LogP contribution in [0.15, 0.2) is 48.5 Å². The summed E-state index contributed by atoms with van der Waals surface area (Å²) in [7, 11) is 0. The third-order valence-electron chi connectivity index (χ3n) is 3.13. The summed E-state index contributed by atoms with van der Waals surface area (Å²) in [5.74, 6) is 0.768. The lowest BCUT2D eigenvalue weighted by molar-refractivity contribution is 0.172. The predicted octanol–water partition coefficient (Wildman–Crippen LogP) is 3.67. The summed E-state index contributed by atoms with van der Waals surface area (Å²) >= 11 is 0. The van der Waals surface area contributed by atoms with Crippen LogP contribution in [0.5, 0.6) is 5.75 Å². The molecule has 19 heavy (non-hydrogen) atoms. The summed E-state index contributed by atoms with van der Waals surface area (Å²) in [4.78, 5) is 0. The van der Waals surface area contributed by atoms with Gasteiger partial charge in [0.05, 0.1) is 12.7 Å². The van der Waals surface area contributed by atoms with E-state index < -0.39 is 6.10 Å². The van der Waals surface area contributed by atoms with Crippen molar-refractivity contribution in [3.63, 3.8) is 0 Å². The highest BCUT2D eigenvalue weighted by molar-refractivity contribution is 5.36. The predicted molar refractivity (Wildman–Crippen MR) is 77.5 cm³/mol. The Hall–Kier alpha value is -1.80. The Morgan fingerprint density at radius 2 is 1.74 bits per heavy atom. The average Bonchev–Trinajstić information content (AvgIpc) is 2.42. The van der Waals surface area contributed by atoms with Gasteiger partial charge in [0, 0.05) is 12.0 Å². The van der Waals surface area contributed by atoms with Gasteiger partial charge in [0.2, 0.25) is 0 Å². The molecule has 2 aromatic rings. The molecule has 0 bridgehead atoms. The van der Waals surface area contributed by atoms with Crippen molar-refractivity contribution in [1.82, 2.24) is 0 Å². The van der Waals surface area contributed by atoms with E-state index in [1.165, 1.54) is 5.56 Å². The Kier molecular flexibility index (Phi) is 4.58. The number of aliphatic hydroxyl groups is 1. The molecule has 0 saturated carbocycles. The molecule has 2 heteroatoms. The zero-order valence-electron chi connectivity index (χ0n) is 11.5. The first-order chi connectivity index (χ1) is 9.20. The highest BCUT2D eigenvalue weighted by Gasteiger charge is 2.13. The van der Waals surface area contributed by atoms with Crippen molar-refractivity contribution in [2.75, 3.05) is 6.61 Å². The smallest absolute Gasteiger partial charge is 0.125 e. The third-order valence-corrected chi connectivity index (χ3v) is 3.13. The van der Waals surface area contributed by atoms with Crippen LogP contribution >= 0.6 is 0 Å². The van der Waals surface area contributed by atoms with Crippen LogP contribution in [-0.2, 0) is 6.42 Å². The Morgan fingerprint density at radius 3 is 2.42 bits per heavy atom. The second-order valence-electron chi connectivity index (χ2n) is 4.68. The molecule has 2 aromatic carbocycles. The van der Waals surface area contributed by atoms with E-state index in [0.29, 0.717) is 13.0 Å². The van der Waals surface area contributed by atoms with Crippen LogP contribution in [0.2, 0.25) is 0 Å². The van der Waals surface area contributed by atoms with Gasteiger partial charge in [0.25, 0.3) is 0 Å². The van der Waals surface area contributed by atoms with Crippen LogP contribution in [-0.4, -0.2) is 11.7 Å². The molecular formula is C17H20O2. The molecule has 0 heterocycles. The van der Waals surface area contributed by atoms with E-state index in [1.807, 2.05) is 31.2 Å². The minimum atomic E-state index is -0.537. The topological polar surface area (TPSA) is 29.5 Å². The van der Waals surface area contributed by atoms with E-state index in [0.717, 1.165) is 16.9 Å². The van der Waals surface area contributed by atoms with E-state index in [2.05, 4.69) is 31.2 Å². The highest BCUT2D eigenvalue weighted by atomic mass is 16.5. The Labute approximate surface area is 114 Å². The fourth-order valence-electron chi connectivity index (χ4n) is 2.10. The maximum Gasteiger partial charge on any atom is 0.125 e. The quantitative estimate of drug-likeness (QED) is 0.884. The molecule has 0 aliphatic rings. The molecule has 1 N–H and O–H groups in total. The van der Waals surface area contributed by atoms with E-state index in [1.54, 1.807) is 0 Å². The second-order valence-corrected chi connectivity index (χ2v) is 4.68. The zero-order valence-corrected chi connectivity index (χ0v) is 11.5. The van der Waals surface area contributed by atoms with E-state index in [4.69, 9.17) is 4.74 Å². The van der Waals surface area contributed by atoms with Crippen molar-refractivity contribution in [2.45, 2.75) is 26.4 Å². The summed E-state index contributed by atoms with van der Waals surface area (Å²) in [5, 5.41) is 10.4. The number of rotatable bonds is 5. The van der Waals surface area contributed by atoms with Gasteiger partial charge in [0.1, 0.15) is 5.75 Å². The van der Waals surface area contributed by atoms with Crippen molar-refractivity contribution < 1.29 is 9.84 Å². The molecule has 0 aromatic heterocycles. The number of hydrogen-bond acceptors (Lipinski definition) is 2. The third kappa shape index (κ3) is 3.58. The molecular weight excluding hydrogens is 236 g/mol. The molecule has 100 valence electrons. The van der Waals surface area contributed by atoms with Gasteiger partial charge in [-0.05, 0) is 25.5 Å². The number of ether oxygens (including phenoxy) is 1. The second kappa shape index (κ2) is 6.39. The first kappa shape index (κ1) is 13.6. The van der Waals surface area contributed by atoms with Crippen LogP contribution in [0.1, 0.15) is 29.7 Å². The van der Waals surface area contributed by atoms with Crippen molar-refractivity contribution in [3.05, 3.63) is 65.2 Å². The van der Waals surface area contributed by atoms with Crippen molar-refractivity contribution in [3.8, 4) is 5.75 Å². The lowest BCUT2D eigenvalue weighted by Gasteiger charge is -2.15. The van der Waals surface area contributed by atoms with Crippen LogP contribution < -0.4 is 4.74 Å². The monoisotopic (exact) mass is 256 g/mol. The van der Waals surface area contributed by atoms with Gasteiger partial charge in [-0.3, -0.25) is 0 Å². The van der Waals surface area contributed by atoms with Crippen molar-refractivity contribution in [2.24, 2.45) is 0 Å². The summed E-state index contributed by atoms with van der Waals surface area (Å²) in [6.07, 6.45) is 0.0649. The van der Waals surface area contributed by atoms with Crippen molar-refractivity contribution >= 4 is 0 Å². The molecule has 0 spiro atoms. The van der Waals surface area contributed by atoms with E-state index in [-0.39, 0.29) is 0 Å². The van der Waals surface area contributed by atoms with Crippen LogP contribution in [0.25, 0.3) is 0 Å². The summed E-state index contributed by atoms with van der Waals surface area (Å²) in [6, 6.07) is 15.9. The largest absolute Gasteiger partial charge is 0.493 e. The number of aryl methyl sites for hydroxylation is 1. The molecule has 0 radical (unpaired) electrons. The maximum atomic E-state index is 10.4. The fraction of sp³-hybridized carbons (Fsp3) is 0.294. The van der Waals surface area contributed by atoms with Gasteiger partial charge in [0.15, 0.2) is 0 Å². The van der Waals surface area contributed by atoms with Crippen LogP contribution in [0.4, 0.5) is 0 Å². The normalized spacial score (nSPS) is 12.2. The zero-order chi connectivity index (χ0) is 13.7. The SMILES string of the molecule is CCOc1ccccc1C(O)Cc1ccc(C)cc1. The molecule has 1 unspecified atom stereocenters. The molecule has 1 atom stereocenters. The minimum Gasteiger partial charge on any atom is -0.493 e. The molecule has 2 rings (SSSR count). The minimum absolute atomic E-state index is 0.537. The average molecular weight is 256 g/mol. The van der Waals surface area contributed by atoms with Gasteiger partial charge in [-0.1, -0.05) is 48.0 Å². The molecule has 0 aliphatic heterocycles. The van der Waals surface area contributed by atoms with Crippen LogP contribution in [0, 0.1) is 6.92 Å². The van der Waals surface area contributed by atoms with Gasteiger partial charge in [-0.25, -0.2) is 0 Å². The maximum absolute atomic E-state index is 10.4. The van der Waals surface area contributed by atoms with Gasteiger partial charge >= 0.3 is 0 Å². The standard InChI is InChI=1S/C17H20O2/c1-3-19-17-7-5-4-6-15(17)16(18)12-14-10-8-13(2)9-11-14/h4-11,16,18H,3,12H2,1-2H3. The summed E-state index contributed by atoms with van der Waals surface area (Å²) < 4.78 is 5.55. The lowest BCUT2D eigenvalue weighted by atomic mass is 10.00. The first-order valence-corrected chi connectivity index (χ1v) is 6.66. The van der Waals surface area contributed by atoms with E-state index in [9.17, 15) is 5.11 Å². The molecule has 0 aliphatic carbocycles. The Balaban J connectivity index is 2.15. The van der Waals surface area contributed by atoms with E-state index >= 15 is 0 Å². The molecule has 2 nitrogen and oxygen atoms in total. The molecule has 0 amide bonds. The van der Waals surface area contributed by atoms with Crippen LogP contribution in [0.3, 0.4) is 0 Å².